The minimum atomic E-state index is -0.510. The van der Waals surface area contributed by atoms with E-state index in [2.05, 4.69) is 0 Å². The van der Waals surface area contributed by atoms with E-state index in [1.54, 1.807) is 11.0 Å². The SMILES string of the molecule is N#CCCN(C(=O)c1cc([N+](=O)[O-])ccc1I)C1CC1. The number of amides is 1. The number of hydrogen-bond donors (Lipinski definition) is 0. The average Bonchev–Trinajstić information content (AvgIpc) is 3.23. The molecule has 0 N–H and O–H groups in total. The third-order valence-electron chi connectivity index (χ3n) is 3.10. The zero-order valence-corrected chi connectivity index (χ0v) is 12.7. The Balaban J connectivity index is 2.28. The van der Waals surface area contributed by atoms with Crippen LogP contribution in [0.1, 0.15) is 29.6 Å². The molecule has 1 aliphatic carbocycles. The summed E-state index contributed by atoms with van der Waals surface area (Å²) in [5, 5.41) is 19.5. The monoisotopic (exact) mass is 385 g/mol. The molecule has 1 aromatic carbocycles. The van der Waals surface area contributed by atoms with Crippen molar-refractivity contribution >= 4 is 34.2 Å². The molecule has 0 aliphatic heterocycles. The van der Waals surface area contributed by atoms with Gasteiger partial charge in [-0.1, -0.05) is 0 Å². The van der Waals surface area contributed by atoms with Crippen LogP contribution in [-0.4, -0.2) is 28.3 Å². The molecule has 0 spiro atoms. The van der Waals surface area contributed by atoms with Gasteiger partial charge in [-0.15, -0.1) is 0 Å². The lowest BCUT2D eigenvalue weighted by Crippen LogP contribution is -2.34. The number of nitriles is 1. The van der Waals surface area contributed by atoms with Crippen LogP contribution >= 0.6 is 22.6 Å². The Morgan fingerprint density at radius 3 is 2.80 bits per heavy atom. The highest BCUT2D eigenvalue weighted by atomic mass is 127. The number of hydrogen-bond acceptors (Lipinski definition) is 4. The minimum absolute atomic E-state index is 0.0928. The second kappa shape index (κ2) is 6.17. The fraction of sp³-hybridized carbons (Fsp3) is 0.385. The predicted molar refractivity (Wildman–Crippen MR) is 80.1 cm³/mol. The molecule has 7 heteroatoms. The van der Waals surface area contributed by atoms with Gasteiger partial charge in [0.05, 0.1) is 23.0 Å². The number of non-ortho nitro benzene ring substituents is 1. The molecule has 104 valence electrons. The molecule has 6 nitrogen and oxygen atoms in total. The maximum atomic E-state index is 12.5. The Hall–Kier alpha value is -1.69. The van der Waals surface area contributed by atoms with Crippen molar-refractivity contribution in [2.75, 3.05) is 6.54 Å². The van der Waals surface area contributed by atoms with Crippen LogP contribution in [0.5, 0.6) is 0 Å². The summed E-state index contributed by atoms with van der Waals surface area (Å²) in [5.41, 5.74) is 0.245. The first-order valence-corrected chi connectivity index (χ1v) is 7.24. The molecule has 20 heavy (non-hydrogen) atoms. The Morgan fingerprint density at radius 1 is 1.55 bits per heavy atom. The normalized spacial score (nSPS) is 13.6. The number of carbonyl (C=O) groups is 1. The molecule has 1 fully saturated rings. The molecule has 0 heterocycles. The Morgan fingerprint density at radius 2 is 2.25 bits per heavy atom. The Bertz CT molecular complexity index is 593. The van der Waals surface area contributed by atoms with Crippen LogP contribution in [-0.2, 0) is 0 Å². The van der Waals surface area contributed by atoms with Gasteiger partial charge in [0.25, 0.3) is 11.6 Å². The van der Waals surface area contributed by atoms with Crippen molar-refractivity contribution in [1.29, 1.82) is 5.26 Å². The third-order valence-corrected chi connectivity index (χ3v) is 4.04. The number of nitro groups is 1. The maximum absolute atomic E-state index is 12.5. The van der Waals surface area contributed by atoms with Gasteiger partial charge in [-0.05, 0) is 41.5 Å². The summed E-state index contributed by atoms with van der Waals surface area (Å²) in [4.78, 5) is 24.5. The van der Waals surface area contributed by atoms with E-state index in [0.29, 0.717) is 15.7 Å². The van der Waals surface area contributed by atoms with Gasteiger partial charge >= 0.3 is 0 Å². The molecule has 2 rings (SSSR count). The quantitative estimate of drug-likeness (QED) is 0.443. The zero-order chi connectivity index (χ0) is 14.7. The van der Waals surface area contributed by atoms with Crippen LogP contribution in [0.2, 0.25) is 0 Å². The molecule has 1 aliphatic rings. The minimum Gasteiger partial charge on any atom is -0.335 e. The second-order valence-electron chi connectivity index (χ2n) is 4.56. The molecular weight excluding hydrogens is 373 g/mol. The van der Waals surface area contributed by atoms with Crippen LogP contribution in [0.4, 0.5) is 5.69 Å². The lowest BCUT2D eigenvalue weighted by atomic mass is 10.1. The van der Waals surface area contributed by atoms with Crippen molar-refractivity contribution in [2.24, 2.45) is 0 Å². The van der Waals surface area contributed by atoms with Crippen LogP contribution in [0.25, 0.3) is 0 Å². The highest BCUT2D eigenvalue weighted by Gasteiger charge is 2.33. The third kappa shape index (κ3) is 3.25. The van der Waals surface area contributed by atoms with E-state index in [4.69, 9.17) is 5.26 Å². The zero-order valence-electron chi connectivity index (χ0n) is 10.6. The molecule has 0 radical (unpaired) electrons. The van der Waals surface area contributed by atoms with Crippen LogP contribution in [0, 0.1) is 25.0 Å². The predicted octanol–water partition coefficient (Wildman–Crippen LogP) is 2.72. The average molecular weight is 385 g/mol. The number of nitrogens with zero attached hydrogens (tertiary/aromatic N) is 3. The number of halogens is 1. The van der Waals surface area contributed by atoms with Crippen molar-refractivity contribution < 1.29 is 9.72 Å². The van der Waals surface area contributed by atoms with Crippen molar-refractivity contribution in [3.05, 3.63) is 37.4 Å². The number of rotatable bonds is 5. The highest BCUT2D eigenvalue weighted by Crippen LogP contribution is 2.30. The van der Waals surface area contributed by atoms with E-state index in [-0.39, 0.29) is 24.1 Å². The number of benzene rings is 1. The van der Waals surface area contributed by atoms with E-state index in [0.717, 1.165) is 12.8 Å². The van der Waals surface area contributed by atoms with Crippen LogP contribution in [0.3, 0.4) is 0 Å². The molecule has 0 aromatic heterocycles. The van der Waals surface area contributed by atoms with Crippen molar-refractivity contribution in [3.8, 4) is 6.07 Å². The summed E-state index contributed by atoms with van der Waals surface area (Å²) in [5.74, 6) is -0.226. The van der Waals surface area contributed by atoms with E-state index >= 15 is 0 Å². The van der Waals surface area contributed by atoms with Crippen molar-refractivity contribution in [2.45, 2.75) is 25.3 Å². The molecule has 0 atom stereocenters. The van der Waals surface area contributed by atoms with Gasteiger partial charge in [0.1, 0.15) is 0 Å². The van der Waals surface area contributed by atoms with Gasteiger partial charge in [0.2, 0.25) is 0 Å². The molecule has 1 aromatic rings. The van der Waals surface area contributed by atoms with Gasteiger partial charge in [0.15, 0.2) is 0 Å². The summed E-state index contributed by atoms with van der Waals surface area (Å²) in [6, 6.07) is 6.47. The van der Waals surface area contributed by atoms with Gasteiger partial charge in [-0.2, -0.15) is 5.26 Å². The van der Waals surface area contributed by atoms with Crippen LogP contribution < -0.4 is 0 Å². The lowest BCUT2D eigenvalue weighted by molar-refractivity contribution is -0.384. The largest absolute Gasteiger partial charge is 0.335 e. The standard InChI is InChI=1S/C13H12IN3O3/c14-12-5-4-10(17(19)20)8-11(12)13(18)16(7-1-6-15)9-2-3-9/h4-5,8-9H,1-3,7H2. The van der Waals surface area contributed by atoms with Gasteiger partial charge in [-0.3, -0.25) is 14.9 Å². The summed E-state index contributed by atoms with van der Waals surface area (Å²) >= 11 is 2.00. The summed E-state index contributed by atoms with van der Waals surface area (Å²) in [6.07, 6.45) is 2.14. The highest BCUT2D eigenvalue weighted by molar-refractivity contribution is 14.1. The Kier molecular flexibility index (Phi) is 4.54. The number of carbonyl (C=O) groups excluding carboxylic acids is 1. The first-order valence-electron chi connectivity index (χ1n) is 6.16. The summed E-state index contributed by atoms with van der Waals surface area (Å²) in [7, 11) is 0. The fourth-order valence-electron chi connectivity index (χ4n) is 1.95. The topological polar surface area (TPSA) is 87.2 Å². The van der Waals surface area contributed by atoms with Crippen LogP contribution in [0.15, 0.2) is 18.2 Å². The fourth-order valence-corrected chi connectivity index (χ4v) is 2.52. The molecule has 0 bridgehead atoms. The lowest BCUT2D eigenvalue weighted by Gasteiger charge is -2.21. The first-order chi connectivity index (χ1) is 9.54. The maximum Gasteiger partial charge on any atom is 0.270 e. The smallest absolute Gasteiger partial charge is 0.270 e. The molecule has 1 saturated carbocycles. The van der Waals surface area contributed by atoms with E-state index in [9.17, 15) is 14.9 Å². The second-order valence-corrected chi connectivity index (χ2v) is 5.72. The summed E-state index contributed by atoms with van der Waals surface area (Å²) < 4.78 is 0.681. The van der Waals surface area contributed by atoms with E-state index < -0.39 is 4.92 Å². The molecule has 0 saturated heterocycles. The Labute approximate surface area is 129 Å². The summed E-state index contributed by atoms with van der Waals surface area (Å²) in [6.45, 7) is 0.374. The van der Waals surface area contributed by atoms with Crippen molar-refractivity contribution in [3.63, 3.8) is 0 Å². The van der Waals surface area contributed by atoms with E-state index in [1.807, 2.05) is 28.7 Å². The molecule has 0 unspecified atom stereocenters. The van der Waals surface area contributed by atoms with Gasteiger partial charge < -0.3 is 4.90 Å². The van der Waals surface area contributed by atoms with E-state index in [1.165, 1.54) is 12.1 Å². The van der Waals surface area contributed by atoms with Crippen molar-refractivity contribution in [1.82, 2.24) is 4.90 Å². The number of nitro benzene ring substituents is 1. The molecular formula is C13H12IN3O3. The first kappa shape index (κ1) is 14.7. The van der Waals surface area contributed by atoms with Gasteiger partial charge in [-0.25, -0.2) is 0 Å². The molecule has 1 amide bonds. The van der Waals surface area contributed by atoms with Gasteiger partial charge in [0, 0.05) is 28.3 Å².